The van der Waals surface area contributed by atoms with Gasteiger partial charge >= 0.3 is 0 Å². The normalized spacial score (nSPS) is 13.2. The molecule has 5 heteroatoms. The van der Waals surface area contributed by atoms with Crippen LogP contribution in [0.4, 0.5) is 11.6 Å². The van der Waals surface area contributed by atoms with Crippen LogP contribution in [0.25, 0.3) is 0 Å². The highest BCUT2D eigenvalue weighted by Crippen LogP contribution is 2.21. The fourth-order valence-electron chi connectivity index (χ4n) is 2.25. The van der Waals surface area contributed by atoms with Gasteiger partial charge in [0, 0.05) is 26.1 Å². The Morgan fingerprint density at radius 3 is 3.15 bits per heavy atom. The Morgan fingerprint density at radius 1 is 1.40 bits per heavy atom. The third-order valence-electron chi connectivity index (χ3n) is 3.35. The van der Waals surface area contributed by atoms with E-state index in [-0.39, 0.29) is 5.91 Å². The molecule has 110 valence electrons. The lowest BCUT2D eigenvalue weighted by atomic mass is 10.1. The van der Waals surface area contributed by atoms with Crippen LogP contribution < -0.4 is 16.0 Å². The SMILES string of the molecule is CCCNC(=O)CCCNc1ccc2c(n1)NCCC2. The van der Waals surface area contributed by atoms with E-state index in [1.807, 2.05) is 6.07 Å². The lowest BCUT2D eigenvalue weighted by Gasteiger charge is -2.17. The number of fused-ring (bicyclic) bond motifs is 1. The average molecular weight is 276 g/mol. The molecule has 0 aromatic carbocycles. The van der Waals surface area contributed by atoms with Crippen molar-refractivity contribution in [3.8, 4) is 0 Å². The van der Waals surface area contributed by atoms with Crippen molar-refractivity contribution in [3.05, 3.63) is 17.7 Å². The molecule has 0 spiro atoms. The summed E-state index contributed by atoms with van der Waals surface area (Å²) in [6.45, 7) is 4.59. The van der Waals surface area contributed by atoms with Gasteiger partial charge in [0.1, 0.15) is 11.6 Å². The molecule has 1 aromatic heterocycles. The van der Waals surface area contributed by atoms with Crippen molar-refractivity contribution in [2.24, 2.45) is 0 Å². The average Bonchev–Trinajstić information content (AvgIpc) is 2.49. The van der Waals surface area contributed by atoms with Crippen LogP contribution in [0.3, 0.4) is 0 Å². The monoisotopic (exact) mass is 276 g/mol. The predicted molar refractivity (Wildman–Crippen MR) is 82.1 cm³/mol. The standard InChI is InChI=1S/C15H24N4O/c1-2-9-17-14(20)6-4-10-16-13-8-7-12-5-3-11-18-15(12)19-13/h7-8H,2-6,9-11H2,1H3,(H,17,20)(H2,16,18,19). The minimum absolute atomic E-state index is 0.133. The summed E-state index contributed by atoms with van der Waals surface area (Å²) in [5, 5.41) is 9.47. The van der Waals surface area contributed by atoms with Crippen molar-refractivity contribution in [3.63, 3.8) is 0 Å². The van der Waals surface area contributed by atoms with Gasteiger partial charge in [-0.15, -0.1) is 0 Å². The van der Waals surface area contributed by atoms with Gasteiger partial charge in [0.2, 0.25) is 5.91 Å². The molecule has 0 saturated heterocycles. The highest BCUT2D eigenvalue weighted by Gasteiger charge is 2.09. The Kier molecular flexibility index (Phi) is 5.65. The van der Waals surface area contributed by atoms with Crippen molar-refractivity contribution in [2.75, 3.05) is 30.3 Å². The van der Waals surface area contributed by atoms with Crippen LogP contribution in [0.2, 0.25) is 0 Å². The van der Waals surface area contributed by atoms with Gasteiger partial charge in [-0.05, 0) is 37.3 Å². The number of aryl methyl sites for hydroxylation is 1. The Morgan fingerprint density at radius 2 is 2.30 bits per heavy atom. The third kappa shape index (κ3) is 4.40. The second-order valence-electron chi connectivity index (χ2n) is 5.11. The Labute approximate surface area is 120 Å². The van der Waals surface area contributed by atoms with Crippen molar-refractivity contribution in [1.29, 1.82) is 0 Å². The van der Waals surface area contributed by atoms with Gasteiger partial charge in [0.15, 0.2) is 0 Å². The summed E-state index contributed by atoms with van der Waals surface area (Å²) in [6, 6.07) is 4.15. The van der Waals surface area contributed by atoms with Gasteiger partial charge in [0.25, 0.3) is 0 Å². The smallest absolute Gasteiger partial charge is 0.220 e. The maximum Gasteiger partial charge on any atom is 0.220 e. The third-order valence-corrected chi connectivity index (χ3v) is 3.35. The maximum absolute atomic E-state index is 11.4. The van der Waals surface area contributed by atoms with Crippen LogP contribution in [0.5, 0.6) is 0 Å². The molecule has 1 aliphatic heterocycles. The number of nitrogens with one attached hydrogen (secondary N) is 3. The van der Waals surface area contributed by atoms with Gasteiger partial charge in [-0.3, -0.25) is 4.79 Å². The lowest BCUT2D eigenvalue weighted by Crippen LogP contribution is -2.24. The summed E-state index contributed by atoms with van der Waals surface area (Å²) in [6.07, 6.45) is 4.65. The molecular formula is C15H24N4O. The fraction of sp³-hybridized carbons (Fsp3) is 0.600. The minimum atomic E-state index is 0.133. The van der Waals surface area contributed by atoms with Gasteiger partial charge in [-0.1, -0.05) is 13.0 Å². The molecule has 0 atom stereocenters. The zero-order chi connectivity index (χ0) is 14.2. The van der Waals surface area contributed by atoms with Crippen LogP contribution in [0.15, 0.2) is 12.1 Å². The molecule has 1 aromatic rings. The Bertz CT molecular complexity index is 447. The van der Waals surface area contributed by atoms with Crippen molar-refractivity contribution < 1.29 is 4.79 Å². The van der Waals surface area contributed by atoms with Gasteiger partial charge in [0.05, 0.1) is 0 Å². The zero-order valence-corrected chi connectivity index (χ0v) is 12.2. The second kappa shape index (κ2) is 7.72. The number of nitrogens with zero attached hydrogens (tertiary/aromatic N) is 1. The number of pyridine rings is 1. The van der Waals surface area contributed by atoms with E-state index < -0.39 is 0 Å². The van der Waals surface area contributed by atoms with Gasteiger partial charge in [-0.25, -0.2) is 4.98 Å². The number of hydrogen-bond donors (Lipinski definition) is 3. The number of carbonyl (C=O) groups is 1. The summed E-state index contributed by atoms with van der Waals surface area (Å²) >= 11 is 0. The molecule has 0 aliphatic carbocycles. The Balaban J connectivity index is 1.70. The number of anilines is 2. The fourth-order valence-corrected chi connectivity index (χ4v) is 2.25. The first-order valence-corrected chi connectivity index (χ1v) is 7.54. The maximum atomic E-state index is 11.4. The van der Waals surface area contributed by atoms with E-state index >= 15 is 0 Å². The molecule has 20 heavy (non-hydrogen) atoms. The molecule has 3 N–H and O–H groups in total. The van der Waals surface area contributed by atoms with Crippen LogP contribution in [-0.4, -0.2) is 30.5 Å². The first-order chi connectivity index (χ1) is 9.79. The number of rotatable bonds is 7. The molecule has 2 heterocycles. The molecular weight excluding hydrogens is 252 g/mol. The van der Waals surface area contributed by atoms with E-state index in [0.29, 0.717) is 6.42 Å². The van der Waals surface area contributed by atoms with Crippen molar-refractivity contribution >= 4 is 17.5 Å². The largest absolute Gasteiger partial charge is 0.370 e. The molecule has 0 fully saturated rings. The van der Waals surface area contributed by atoms with E-state index in [0.717, 1.165) is 50.5 Å². The first-order valence-electron chi connectivity index (χ1n) is 7.54. The summed E-state index contributed by atoms with van der Waals surface area (Å²) in [4.78, 5) is 16.0. The quantitative estimate of drug-likeness (QED) is 0.668. The summed E-state index contributed by atoms with van der Waals surface area (Å²) < 4.78 is 0. The molecule has 0 saturated carbocycles. The van der Waals surface area contributed by atoms with Crippen LogP contribution in [0.1, 0.15) is 38.2 Å². The summed E-state index contributed by atoms with van der Waals surface area (Å²) in [5.41, 5.74) is 1.29. The van der Waals surface area contributed by atoms with E-state index in [4.69, 9.17) is 0 Å². The van der Waals surface area contributed by atoms with Crippen molar-refractivity contribution in [1.82, 2.24) is 10.3 Å². The number of aromatic nitrogens is 1. The highest BCUT2D eigenvalue weighted by atomic mass is 16.1. The predicted octanol–water partition coefficient (Wildman–Crippen LogP) is 2.16. The van der Waals surface area contributed by atoms with Gasteiger partial charge < -0.3 is 16.0 Å². The molecule has 0 unspecified atom stereocenters. The topological polar surface area (TPSA) is 66.0 Å². The molecule has 5 nitrogen and oxygen atoms in total. The first kappa shape index (κ1) is 14.6. The second-order valence-corrected chi connectivity index (χ2v) is 5.11. The zero-order valence-electron chi connectivity index (χ0n) is 12.2. The molecule has 1 aliphatic rings. The highest BCUT2D eigenvalue weighted by molar-refractivity contribution is 5.75. The number of amides is 1. The van der Waals surface area contributed by atoms with E-state index in [2.05, 4.69) is 33.9 Å². The lowest BCUT2D eigenvalue weighted by molar-refractivity contribution is -0.121. The number of carbonyl (C=O) groups excluding carboxylic acids is 1. The Hall–Kier alpha value is -1.78. The van der Waals surface area contributed by atoms with Crippen LogP contribution in [0, 0.1) is 0 Å². The van der Waals surface area contributed by atoms with Crippen LogP contribution in [-0.2, 0) is 11.2 Å². The minimum Gasteiger partial charge on any atom is -0.370 e. The van der Waals surface area contributed by atoms with Gasteiger partial charge in [-0.2, -0.15) is 0 Å². The molecule has 0 bridgehead atoms. The molecule has 2 rings (SSSR count). The van der Waals surface area contributed by atoms with E-state index in [1.54, 1.807) is 0 Å². The number of hydrogen-bond acceptors (Lipinski definition) is 4. The van der Waals surface area contributed by atoms with Crippen molar-refractivity contribution in [2.45, 2.75) is 39.0 Å². The molecule has 1 amide bonds. The van der Waals surface area contributed by atoms with Crippen LogP contribution >= 0.6 is 0 Å². The van der Waals surface area contributed by atoms with E-state index in [1.165, 1.54) is 12.0 Å². The summed E-state index contributed by atoms with van der Waals surface area (Å²) in [5.74, 6) is 2.02. The van der Waals surface area contributed by atoms with E-state index in [9.17, 15) is 4.79 Å². The summed E-state index contributed by atoms with van der Waals surface area (Å²) in [7, 11) is 0. The molecule has 0 radical (unpaired) electrons.